The molecule has 0 radical (unpaired) electrons. The van der Waals surface area contributed by atoms with Crippen LogP contribution in [-0.4, -0.2) is 47.8 Å². The Labute approximate surface area is 107 Å². The molecule has 1 rings (SSSR count). The van der Waals surface area contributed by atoms with Crippen molar-refractivity contribution >= 4 is 17.7 Å². The van der Waals surface area contributed by atoms with Crippen molar-refractivity contribution in [2.24, 2.45) is 5.92 Å². The van der Waals surface area contributed by atoms with E-state index in [1.54, 1.807) is 20.8 Å². The zero-order chi connectivity index (χ0) is 13.9. The highest BCUT2D eigenvalue weighted by molar-refractivity contribution is 6.06. The molecule has 1 aliphatic rings. The molecule has 3 amide bonds. The Morgan fingerprint density at radius 3 is 2.67 bits per heavy atom. The lowest BCUT2D eigenvalue weighted by Crippen LogP contribution is -2.66. The topological polar surface area (TPSA) is 78.5 Å². The van der Waals surface area contributed by atoms with Crippen LogP contribution in [-0.2, 0) is 14.4 Å². The van der Waals surface area contributed by atoms with E-state index in [9.17, 15) is 14.4 Å². The fraction of sp³-hybridized carbons (Fsp3) is 0.750. The Morgan fingerprint density at radius 1 is 1.50 bits per heavy atom. The average Bonchev–Trinajstić information content (AvgIpc) is 2.30. The summed E-state index contributed by atoms with van der Waals surface area (Å²) >= 11 is 0. The molecule has 1 unspecified atom stereocenters. The van der Waals surface area contributed by atoms with E-state index >= 15 is 0 Å². The van der Waals surface area contributed by atoms with Crippen molar-refractivity contribution in [3.8, 4) is 0 Å². The lowest BCUT2D eigenvalue weighted by molar-refractivity contribution is -0.157. The number of amides is 3. The second-order valence-corrected chi connectivity index (χ2v) is 5.07. The second-order valence-electron chi connectivity index (χ2n) is 5.07. The molecule has 1 fully saturated rings. The van der Waals surface area contributed by atoms with Crippen LogP contribution in [0.4, 0.5) is 0 Å². The van der Waals surface area contributed by atoms with Crippen LogP contribution in [0.25, 0.3) is 0 Å². The first kappa shape index (κ1) is 14.6. The molecule has 6 nitrogen and oxygen atoms in total. The number of imide groups is 1. The summed E-state index contributed by atoms with van der Waals surface area (Å²) in [6, 6.07) is 0. The Morgan fingerprint density at radius 2 is 2.11 bits per heavy atom. The molecule has 0 saturated carbocycles. The second kappa shape index (κ2) is 5.48. The van der Waals surface area contributed by atoms with E-state index in [1.807, 2.05) is 6.92 Å². The number of hydrogen-bond donors (Lipinski definition) is 2. The summed E-state index contributed by atoms with van der Waals surface area (Å²) in [6.07, 6.45) is 0. The maximum atomic E-state index is 12.3. The molecule has 2 N–H and O–H groups in total. The third-order valence-corrected chi connectivity index (χ3v) is 3.17. The fourth-order valence-corrected chi connectivity index (χ4v) is 1.85. The van der Waals surface area contributed by atoms with Crippen LogP contribution in [0.15, 0.2) is 0 Å². The van der Waals surface area contributed by atoms with Gasteiger partial charge in [-0.1, -0.05) is 13.8 Å². The van der Waals surface area contributed by atoms with Gasteiger partial charge >= 0.3 is 0 Å². The van der Waals surface area contributed by atoms with Gasteiger partial charge in [0.15, 0.2) is 0 Å². The Balaban J connectivity index is 2.81. The summed E-state index contributed by atoms with van der Waals surface area (Å²) in [7, 11) is 0. The van der Waals surface area contributed by atoms with Crippen molar-refractivity contribution in [3.05, 3.63) is 0 Å². The number of rotatable bonds is 4. The van der Waals surface area contributed by atoms with Crippen LogP contribution < -0.4 is 10.6 Å². The molecular weight excluding hydrogens is 234 g/mol. The smallest absolute Gasteiger partial charge is 0.252 e. The summed E-state index contributed by atoms with van der Waals surface area (Å²) < 4.78 is 0. The van der Waals surface area contributed by atoms with Gasteiger partial charge in [0.05, 0.1) is 0 Å². The van der Waals surface area contributed by atoms with Crippen molar-refractivity contribution < 1.29 is 14.4 Å². The Kier molecular flexibility index (Phi) is 4.45. The molecule has 0 aromatic carbocycles. The minimum absolute atomic E-state index is 0.0615. The zero-order valence-corrected chi connectivity index (χ0v) is 11.4. The van der Waals surface area contributed by atoms with E-state index in [1.165, 1.54) is 4.90 Å². The minimum Gasteiger partial charge on any atom is -0.319 e. The van der Waals surface area contributed by atoms with Gasteiger partial charge in [-0.25, -0.2) is 0 Å². The molecule has 0 aromatic rings. The van der Waals surface area contributed by atoms with Crippen molar-refractivity contribution in [1.29, 1.82) is 0 Å². The quantitative estimate of drug-likeness (QED) is 0.664. The van der Waals surface area contributed by atoms with Gasteiger partial charge in [-0.15, -0.1) is 0 Å². The van der Waals surface area contributed by atoms with Crippen LogP contribution in [0.1, 0.15) is 27.7 Å². The van der Waals surface area contributed by atoms with Crippen molar-refractivity contribution in [3.63, 3.8) is 0 Å². The summed E-state index contributed by atoms with van der Waals surface area (Å²) in [4.78, 5) is 36.7. The van der Waals surface area contributed by atoms with Crippen molar-refractivity contribution in [2.75, 3.05) is 19.6 Å². The first-order valence-electron chi connectivity index (χ1n) is 6.17. The molecule has 0 aromatic heterocycles. The lowest BCUT2D eigenvalue weighted by atomic mass is 9.96. The summed E-state index contributed by atoms with van der Waals surface area (Å²) in [5.74, 6) is -1.29. The highest BCUT2D eigenvalue weighted by Gasteiger charge is 2.44. The normalized spacial score (nSPS) is 20.6. The molecule has 1 aliphatic heterocycles. The van der Waals surface area contributed by atoms with Crippen LogP contribution in [0.3, 0.4) is 0 Å². The predicted molar refractivity (Wildman–Crippen MR) is 66.6 cm³/mol. The number of carbonyl (C=O) groups excluding carboxylic acids is 3. The monoisotopic (exact) mass is 255 g/mol. The molecule has 102 valence electrons. The number of hydrogen-bond acceptors (Lipinski definition) is 4. The molecule has 18 heavy (non-hydrogen) atoms. The Bertz CT molecular complexity index is 366. The highest BCUT2D eigenvalue weighted by atomic mass is 16.2. The molecule has 0 spiro atoms. The van der Waals surface area contributed by atoms with Crippen LogP contribution >= 0.6 is 0 Å². The summed E-state index contributed by atoms with van der Waals surface area (Å²) in [5, 5.41) is 5.33. The summed E-state index contributed by atoms with van der Waals surface area (Å²) in [6.45, 7) is 8.29. The molecule has 1 heterocycles. The molecule has 0 bridgehead atoms. The van der Waals surface area contributed by atoms with Gasteiger partial charge in [-0.2, -0.15) is 0 Å². The molecular formula is C12H21N3O3. The lowest BCUT2D eigenvalue weighted by Gasteiger charge is -2.41. The molecule has 0 aliphatic carbocycles. The van der Waals surface area contributed by atoms with Gasteiger partial charge in [-0.05, 0) is 20.4 Å². The van der Waals surface area contributed by atoms with Crippen LogP contribution in [0.2, 0.25) is 0 Å². The largest absolute Gasteiger partial charge is 0.319 e. The minimum atomic E-state index is -0.981. The van der Waals surface area contributed by atoms with E-state index in [-0.39, 0.29) is 18.4 Å². The fourth-order valence-electron chi connectivity index (χ4n) is 1.85. The van der Waals surface area contributed by atoms with Crippen LogP contribution in [0.5, 0.6) is 0 Å². The third-order valence-electron chi connectivity index (χ3n) is 3.17. The van der Waals surface area contributed by atoms with Gasteiger partial charge < -0.3 is 10.2 Å². The zero-order valence-electron chi connectivity index (χ0n) is 11.4. The van der Waals surface area contributed by atoms with Gasteiger partial charge in [0.2, 0.25) is 11.8 Å². The third kappa shape index (κ3) is 2.87. The molecule has 1 atom stereocenters. The standard InChI is InChI=1S/C12H21N3O3/c1-5-13-6-8(2)10(17)15-7-9(16)14-11(18)12(15,3)4/h8,13H,5-7H2,1-4H3,(H,14,16,18). The SMILES string of the molecule is CCNCC(C)C(=O)N1CC(=O)NC(=O)C1(C)C. The van der Waals surface area contributed by atoms with Gasteiger partial charge in [0, 0.05) is 12.5 Å². The number of nitrogens with zero attached hydrogens (tertiary/aromatic N) is 1. The van der Waals surface area contributed by atoms with Gasteiger partial charge in [-0.3, -0.25) is 19.7 Å². The van der Waals surface area contributed by atoms with Crippen molar-refractivity contribution in [2.45, 2.75) is 33.2 Å². The number of piperazine rings is 1. The summed E-state index contributed by atoms with van der Waals surface area (Å²) in [5.41, 5.74) is -0.981. The highest BCUT2D eigenvalue weighted by Crippen LogP contribution is 2.20. The van der Waals surface area contributed by atoms with Gasteiger partial charge in [0.1, 0.15) is 12.1 Å². The first-order valence-corrected chi connectivity index (χ1v) is 6.17. The van der Waals surface area contributed by atoms with E-state index in [0.29, 0.717) is 6.54 Å². The van der Waals surface area contributed by atoms with Gasteiger partial charge in [0.25, 0.3) is 5.91 Å². The van der Waals surface area contributed by atoms with E-state index < -0.39 is 17.4 Å². The van der Waals surface area contributed by atoms with Crippen molar-refractivity contribution in [1.82, 2.24) is 15.5 Å². The molecule has 6 heteroatoms. The first-order chi connectivity index (χ1) is 8.30. The van der Waals surface area contributed by atoms with Crippen LogP contribution in [0, 0.1) is 5.92 Å². The number of nitrogens with one attached hydrogen (secondary N) is 2. The maximum Gasteiger partial charge on any atom is 0.252 e. The average molecular weight is 255 g/mol. The number of carbonyl (C=O) groups is 3. The predicted octanol–water partition coefficient (Wildman–Crippen LogP) is -0.504. The van der Waals surface area contributed by atoms with E-state index in [0.717, 1.165) is 6.54 Å². The molecule has 1 saturated heterocycles. The maximum absolute atomic E-state index is 12.3. The van der Waals surface area contributed by atoms with E-state index in [4.69, 9.17) is 0 Å². The Hall–Kier alpha value is -1.43. The van der Waals surface area contributed by atoms with E-state index in [2.05, 4.69) is 10.6 Å².